The number of benzene rings is 2. The van der Waals surface area contributed by atoms with E-state index in [-0.39, 0.29) is 6.04 Å². The lowest BCUT2D eigenvalue weighted by Crippen LogP contribution is -2.43. The Bertz CT molecular complexity index is 893. The molecule has 0 unspecified atom stereocenters. The van der Waals surface area contributed by atoms with Crippen LogP contribution in [0.15, 0.2) is 53.4 Å². The van der Waals surface area contributed by atoms with Crippen molar-refractivity contribution in [2.45, 2.75) is 36.6 Å². The third-order valence-corrected chi connectivity index (χ3v) is 7.14. The Kier molecular flexibility index (Phi) is 6.11. The molecule has 1 N–H and O–H groups in total. The Morgan fingerprint density at radius 1 is 0.964 bits per heavy atom. The van der Waals surface area contributed by atoms with Gasteiger partial charge in [0.15, 0.2) is 0 Å². The topological polar surface area (TPSA) is 58.6 Å². The lowest BCUT2D eigenvalue weighted by atomic mass is 9.92. The molecule has 0 spiro atoms. The highest BCUT2D eigenvalue weighted by Crippen LogP contribution is 2.25. The summed E-state index contributed by atoms with van der Waals surface area (Å²) in [5, 5.41) is 0. The molecule has 2 aromatic rings. The van der Waals surface area contributed by atoms with Crippen LogP contribution in [0.25, 0.3) is 0 Å². The van der Waals surface area contributed by atoms with Crippen molar-refractivity contribution in [3.63, 3.8) is 0 Å². The van der Waals surface area contributed by atoms with Gasteiger partial charge in [-0.15, -0.1) is 0 Å². The Morgan fingerprint density at radius 3 is 2.43 bits per heavy atom. The van der Waals surface area contributed by atoms with E-state index in [1.165, 1.54) is 17.5 Å². The highest BCUT2D eigenvalue weighted by molar-refractivity contribution is 7.89. The molecular weight excluding hydrogens is 372 g/mol. The molecule has 4 rings (SSSR count). The van der Waals surface area contributed by atoms with Gasteiger partial charge in [0, 0.05) is 19.6 Å². The van der Waals surface area contributed by atoms with Gasteiger partial charge >= 0.3 is 0 Å². The van der Waals surface area contributed by atoms with E-state index in [0.717, 1.165) is 37.9 Å². The fourth-order valence-electron chi connectivity index (χ4n) is 4.07. The van der Waals surface area contributed by atoms with Crippen LogP contribution in [0.4, 0.5) is 0 Å². The molecule has 1 fully saturated rings. The molecule has 6 heteroatoms. The number of fused-ring (bicyclic) bond motifs is 1. The van der Waals surface area contributed by atoms with Crippen molar-refractivity contribution in [2.24, 2.45) is 0 Å². The van der Waals surface area contributed by atoms with Crippen LogP contribution in [0, 0.1) is 0 Å². The molecular formula is C22H28N2O3S. The fourth-order valence-corrected chi connectivity index (χ4v) is 5.34. The van der Waals surface area contributed by atoms with Crippen LogP contribution in [0.2, 0.25) is 0 Å². The number of hydrogen-bond donors (Lipinski definition) is 1. The van der Waals surface area contributed by atoms with Crippen LogP contribution in [0.3, 0.4) is 0 Å². The minimum absolute atomic E-state index is 0.291. The molecule has 28 heavy (non-hydrogen) atoms. The average Bonchev–Trinajstić information content (AvgIpc) is 2.74. The first-order valence-corrected chi connectivity index (χ1v) is 11.6. The van der Waals surface area contributed by atoms with Crippen molar-refractivity contribution >= 4 is 10.0 Å². The Hall–Kier alpha value is -1.73. The number of hydrogen-bond acceptors (Lipinski definition) is 4. The van der Waals surface area contributed by atoms with Gasteiger partial charge in [0.05, 0.1) is 24.2 Å². The third kappa shape index (κ3) is 4.63. The summed E-state index contributed by atoms with van der Waals surface area (Å²) in [6.07, 6.45) is 4.34. The minimum Gasteiger partial charge on any atom is -0.379 e. The zero-order valence-corrected chi connectivity index (χ0v) is 17.0. The molecule has 1 aliphatic heterocycles. The second kappa shape index (κ2) is 8.74. The molecule has 1 atom stereocenters. The summed E-state index contributed by atoms with van der Waals surface area (Å²) in [4.78, 5) is 2.63. The largest absolute Gasteiger partial charge is 0.379 e. The lowest BCUT2D eigenvalue weighted by molar-refractivity contribution is 0.0345. The second-order valence-corrected chi connectivity index (χ2v) is 9.35. The second-order valence-electron chi connectivity index (χ2n) is 7.64. The maximum Gasteiger partial charge on any atom is 0.241 e. The molecule has 0 amide bonds. The maximum absolute atomic E-state index is 13.2. The van der Waals surface area contributed by atoms with Crippen LogP contribution >= 0.6 is 0 Å². The molecule has 0 aromatic heterocycles. The van der Waals surface area contributed by atoms with Gasteiger partial charge in [0.2, 0.25) is 10.0 Å². The van der Waals surface area contributed by atoms with Crippen LogP contribution in [0.5, 0.6) is 0 Å². The van der Waals surface area contributed by atoms with Crippen molar-refractivity contribution < 1.29 is 13.2 Å². The summed E-state index contributed by atoms with van der Waals surface area (Å²) in [6.45, 7) is 3.67. The predicted molar refractivity (Wildman–Crippen MR) is 110 cm³/mol. The van der Waals surface area contributed by atoms with Gasteiger partial charge in [-0.05, 0) is 54.5 Å². The van der Waals surface area contributed by atoms with E-state index >= 15 is 0 Å². The average molecular weight is 401 g/mol. The lowest BCUT2D eigenvalue weighted by Gasteiger charge is -2.31. The maximum atomic E-state index is 13.2. The molecule has 1 heterocycles. The number of morpholine rings is 1. The SMILES string of the molecule is O=S(=O)(N[C@@H](CN1CCOCC1)c1ccccc1)c1ccc2c(c1)CCCC2. The number of nitrogens with one attached hydrogen (secondary N) is 1. The highest BCUT2D eigenvalue weighted by atomic mass is 32.2. The monoisotopic (exact) mass is 400 g/mol. The van der Waals surface area contributed by atoms with Gasteiger partial charge in [-0.3, -0.25) is 4.90 Å². The van der Waals surface area contributed by atoms with E-state index < -0.39 is 10.0 Å². The molecule has 0 saturated carbocycles. The van der Waals surface area contributed by atoms with Crippen LogP contribution in [0.1, 0.15) is 35.6 Å². The van der Waals surface area contributed by atoms with Crippen LogP contribution in [-0.2, 0) is 27.6 Å². The van der Waals surface area contributed by atoms with E-state index in [1.54, 1.807) is 6.07 Å². The van der Waals surface area contributed by atoms with Gasteiger partial charge < -0.3 is 4.74 Å². The predicted octanol–water partition coefficient (Wildman–Crippen LogP) is 2.92. The van der Waals surface area contributed by atoms with Crippen molar-refractivity contribution in [2.75, 3.05) is 32.8 Å². The normalized spacial score (nSPS) is 19.1. The van der Waals surface area contributed by atoms with Gasteiger partial charge in [0.1, 0.15) is 0 Å². The molecule has 1 aliphatic carbocycles. The Labute approximate surface area is 167 Å². The molecule has 2 aromatic carbocycles. The first-order valence-electron chi connectivity index (χ1n) is 10.1. The van der Waals surface area contributed by atoms with Crippen molar-refractivity contribution in [3.05, 3.63) is 65.2 Å². The van der Waals surface area contributed by atoms with Crippen molar-refractivity contribution in [3.8, 4) is 0 Å². The summed E-state index contributed by atoms with van der Waals surface area (Å²) in [6, 6.07) is 15.2. The van der Waals surface area contributed by atoms with Gasteiger partial charge in [0.25, 0.3) is 0 Å². The van der Waals surface area contributed by atoms with Crippen LogP contribution < -0.4 is 4.72 Å². The van der Waals surface area contributed by atoms with Crippen molar-refractivity contribution in [1.82, 2.24) is 9.62 Å². The molecule has 0 radical (unpaired) electrons. The number of sulfonamides is 1. The first-order chi connectivity index (χ1) is 13.6. The minimum atomic E-state index is -3.60. The third-order valence-electron chi connectivity index (χ3n) is 5.67. The molecule has 5 nitrogen and oxygen atoms in total. The highest BCUT2D eigenvalue weighted by Gasteiger charge is 2.25. The van der Waals surface area contributed by atoms with E-state index in [0.29, 0.717) is 24.7 Å². The summed E-state index contributed by atoms with van der Waals surface area (Å²) in [5.41, 5.74) is 3.45. The molecule has 1 saturated heterocycles. The summed E-state index contributed by atoms with van der Waals surface area (Å²) >= 11 is 0. The molecule has 2 aliphatic rings. The van der Waals surface area contributed by atoms with Gasteiger partial charge in [-0.2, -0.15) is 0 Å². The standard InChI is InChI=1S/C22H28N2O3S/c25-28(26,21-11-10-18-6-4-5-9-20(18)16-21)23-22(19-7-2-1-3-8-19)17-24-12-14-27-15-13-24/h1-3,7-8,10-11,16,22-23H,4-6,9,12-15,17H2/t22-/m0/s1. The summed E-state index contributed by atoms with van der Waals surface area (Å²) in [7, 11) is -3.60. The van der Waals surface area contributed by atoms with E-state index in [9.17, 15) is 8.42 Å². The number of nitrogens with zero attached hydrogens (tertiary/aromatic N) is 1. The zero-order chi connectivity index (χ0) is 19.4. The first kappa shape index (κ1) is 19.6. The Balaban J connectivity index is 1.57. The summed E-state index contributed by atoms with van der Waals surface area (Å²) < 4.78 is 34.8. The van der Waals surface area contributed by atoms with E-state index in [2.05, 4.69) is 9.62 Å². The fraction of sp³-hybridized carbons (Fsp3) is 0.455. The van der Waals surface area contributed by atoms with Crippen molar-refractivity contribution in [1.29, 1.82) is 0 Å². The van der Waals surface area contributed by atoms with E-state index in [1.807, 2.05) is 42.5 Å². The van der Waals surface area contributed by atoms with Gasteiger partial charge in [-0.25, -0.2) is 13.1 Å². The number of ether oxygens (including phenoxy) is 1. The smallest absolute Gasteiger partial charge is 0.241 e. The number of aryl methyl sites for hydroxylation is 2. The summed E-state index contributed by atoms with van der Waals surface area (Å²) in [5.74, 6) is 0. The zero-order valence-electron chi connectivity index (χ0n) is 16.1. The van der Waals surface area contributed by atoms with E-state index in [4.69, 9.17) is 4.74 Å². The number of rotatable bonds is 6. The quantitative estimate of drug-likeness (QED) is 0.810. The van der Waals surface area contributed by atoms with Crippen LogP contribution in [-0.4, -0.2) is 46.2 Å². The van der Waals surface area contributed by atoms with Gasteiger partial charge in [-0.1, -0.05) is 36.4 Å². The molecule has 150 valence electrons. The Morgan fingerprint density at radius 2 is 1.68 bits per heavy atom. The molecule has 0 bridgehead atoms.